The van der Waals surface area contributed by atoms with Crippen molar-refractivity contribution in [2.45, 2.75) is 13.3 Å². The Balaban J connectivity index is 4.90. The van der Waals surface area contributed by atoms with Crippen LogP contribution in [0.2, 0.25) is 0 Å². The smallest absolute Gasteiger partial charge is 0.348 e. The number of carbonyl (C=O) groups is 2. The molecule has 0 saturated heterocycles. The Bertz CT molecular complexity index is 562. The zero-order chi connectivity index (χ0) is 14.7. The number of ether oxygens (including phenoxy) is 1. The normalized spacial score (nSPS) is 10.5. The molecule has 0 aliphatic heterocycles. The fourth-order valence-corrected chi connectivity index (χ4v) is 0.985. The van der Waals surface area contributed by atoms with Gasteiger partial charge in [0.25, 0.3) is 0 Å². The van der Waals surface area contributed by atoms with Gasteiger partial charge >= 0.3 is 5.97 Å². The van der Waals surface area contributed by atoms with Crippen molar-refractivity contribution in [3.8, 4) is 24.2 Å². The zero-order valence-corrected chi connectivity index (χ0v) is 10.1. The minimum atomic E-state index is -0.840. The van der Waals surface area contributed by atoms with Gasteiger partial charge in [-0.15, -0.1) is 0 Å². The van der Waals surface area contributed by atoms with E-state index in [1.807, 2.05) is 0 Å². The Kier molecular flexibility index (Phi) is 7.59. The summed E-state index contributed by atoms with van der Waals surface area (Å²) >= 11 is 0. The molecule has 0 aromatic heterocycles. The van der Waals surface area contributed by atoms with Crippen molar-refractivity contribution >= 4 is 11.8 Å². The van der Waals surface area contributed by atoms with Crippen LogP contribution in [0.4, 0.5) is 0 Å². The number of hydrogen-bond acceptors (Lipinski definition) is 6. The molecule has 0 bridgehead atoms. The van der Waals surface area contributed by atoms with Gasteiger partial charge in [-0.1, -0.05) is 12.2 Å². The lowest BCUT2D eigenvalue weighted by molar-refractivity contribution is -0.138. The second kappa shape index (κ2) is 9.04. The zero-order valence-electron chi connectivity index (χ0n) is 10.1. The van der Waals surface area contributed by atoms with Crippen LogP contribution in [-0.2, 0) is 14.3 Å². The Labute approximate surface area is 110 Å². The number of esters is 1. The van der Waals surface area contributed by atoms with Gasteiger partial charge in [0.1, 0.15) is 29.4 Å². The predicted octanol–water partition coefficient (Wildman–Crippen LogP) is 0.742. The summed E-state index contributed by atoms with van der Waals surface area (Å²) in [4.78, 5) is 22.4. The van der Waals surface area contributed by atoms with Gasteiger partial charge in [0, 0.05) is 5.92 Å². The number of carbonyl (C=O) groups excluding carboxylic acids is 2. The largest absolute Gasteiger partial charge is 0.462 e. The Hall–Kier alpha value is -3.04. The van der Waals surface area contributed by atoms with Gasteiger partial charge < -0.3 is 9.84 Å². The molecule has 6 heteroatoms. The lowest BCUT2D eigenvalue weighted by Crippen LogP contribution is -2.06. The number of aliphatic hydroxyl groups is 1. The lowest BCUT2D eigenvalue weighted by Gasteiger charge is -1.98. The monoisotopic (exact) mass is 258 g/mol. The second-order valence-corrected chi connectivity index (χ2v) is 2.98. The van der Waals surface area contributed by atoms with E-state index in [2.05, 4.69) is 4.74 Å². The number of allylic oxidation sites excluding steroid dienone is 3. The summed E-state index contributed by atoms with van der Waals surface area (Å²) in [5, 5.41) is 25.6. The first-order chi connectivity index (χ1) is 9.10. The van der Waals surface area contributed by atoms with Gasteiger partial charge in [0.05, 0.1) is 6.61 Å². The van der Waals surface area contributed by atoms with Crippen LogP contribution < -0.4 is 0 Å². The molecule has 0 heterocycles. The van der Waals surface area contributed by atoms with Gasteiger partial charge in [0.2, 0.25) is 5.78 Å². The topological polar surface area (TPSA) is 111 Å². The van der Waals surface area contributed by atoms with E-state index in [9.17, 15) is 9.59 Å². The SMILES string of the molecule is CCOC(=O)/C(C#N)=C/C/C=C(\C#N)C(=O)C#CO. The summed E-state index contributed by atoms with van der Waals surface area (Å²) in [5.74, 6) is 0.185. The van der Waals surface area contributed by atoms with E-state index in [4.69, 9.17) is 15.6 Å². The number of Topliss-reactive ketones (excluding diaryl/α,β-unsaturated/α-hetero) is 1. The summed E-state index contributed by atoms with van der Waals surface area (Å²) in [6.07, 6.45) is 3.84. The third-order valence-electron chi connectivity index (χ3n) is 1.79. The molecule has 0 spiro atoms. The standard InChI is InChI=1S/C13H10N2O4/c1-2-19-13(18)11(9-15)5-3-4-10(8-14)12(17)6-7-16/h4-5,16H,2-3H2,1H3/b10-4+,11-5+. The number of rotatable bonds is 5. The van der Waals surface area contributed by atoms with Gasteiger partial charge in [-0.25, -0.2) is 4.79 Å². The van der Waals surface area contributed by atoms with E-state index in [0.717, 1.165) is 0 Å². The van der Waals surface area contributed by atoms with Gasteiger partial charge in [-0.2, -0.15) is 10.5 Å². The van der Waals surface area contributed by atoms with Crippen molar-refractivity contribution in [2.24, 2.45) is 0 Å². The quantitative estimate of drug-likeness (QED) is 0.337. The number of hydrogen-bond donors (Lipinski definition) is 1. The van der Waals surface area contributed by atoms with Crippen LogP contribution in [0.1, 0.15) is 13.3 Å². The molecule has 0 aromatic rings. The number of nitriles is 2. The molecular formula is C13H10N2O4. The Morgan fingerprint density at radius 1 is 1.21 bits per heavy atom. The summed E-state index contributed by atoms with van der Waals surface area (Å²) < 4.78 is 4.63. The summed E-state index contributed by atoms with van der Waals surface area (Å²) in [5.41, 5.74) is -0.491. The molecule has 0 rings (SSSR count). The molecule has 0 radical (unpaired) electrons. The highest BCUT2D eigenvalue weighted by molar-refractivity contribution is 6.11. The van der Waals surface area contributed by atoms with E-state index in [0.29, 0.717) is 0 Å². The number of ketones is 1. The van der Waals surface area contributed by atoms with Crippen molar-refractivity contribution in [3.63, 3.8) is 0 Å². The first-order valence-electron chi connectivity index (χ1n) is 5.17. The van der Waals surface area contributed by atoms with Crippen LogP contribution in [-0.4, -0.2) is 23.5 Å². The van der Waals surface area contributed by atoms with Crippen molar-refractivity contribution in [2.75, 3.05) is 6.61 Å². The van der Waals surface area contributed by atoms with Crippen LogP contribution in [0, 0.1) is 34.7 Å². The summed E-state index contributed by atoms with van der Waals surface area (Å²) in [6, 6.07) is 3.26. The molecule has 1 N–H and O–H groups in total. The van der Waals surface area contributed by atoms with Gasteiger partial charge in [-0.05, 0) is 13.3 Å². The highest BCUT2D eigenvalue weighted by Gasteiger charge is 2.09. The van der Waals surface area contributed by atoms with E-state index in [1.54, 1.807) is 25.0 Å². The van der Waals surface area contributed by atoms with E-state index < -0.39 is 11.8 Å². The molecule has 0 saturated carbocycles. The predicted molar refractivity (Wildman–Crippen MR) is 63.4 cm³/mol. The van der Waals surface area contributed by atoms with E-state index in [-0.39, 0.29) is 24.2 Å². The first-order valence-corrected chi connectivity index (χ1v) is 5.17. The molecule has 0 aliphatic carbocycles. The van der Waals surface area contributed by atoms with Crippen LogP contribution in [0.5, 0.6) is 0 Å². The molecule has 0 atom stereocenters. The molecule has 0 aromatic carbocycles. The average molecular weight is 258 g/mol. The highest BCUT2D eigenvalue weighted by atomic mass is 16.5. The van der Waals surface area contributed by atoms with Crippen molar-refractivity contribution in [1.82, 2.24) is 0 Å². The Morgan fingerprint density at radius 2 is 1.79 bits per heavy atom. The fraction of sp³-hybridized carbons (Fsp3) is 0.231. The van der Waals surface area contributed by atoms with Crippen molar-refractivity contribution in [1.29, 1.82) is 10.5 Å². The first kappa shape index (κ1) is 16.0. The van der Waals surface area contributed by atoms with Crippen LogP contribution in [0.3, 0.4) is 0 Å². The maximum Gasteiger partial charge on any atom is 0.348 e. The molecule has 0 aliphatic rings. The fourth-order valence-electron chi connectivity index (χ4n) is 0.985. The number of aliphatic hydroxyl groups excluding tert-OH is 1. The molecule has 0 amide bonds. The summed E-state index contributed by atoms with van der Waals surface area (Å²) in [6.45, 7) is 1.74. The number of nitrogens with zero attached hydrogens (tertiary/aromatic N) is 2. The van der Waals surface area contributed by atoms with Crippen molar-refractivity contribution < 1.29 is 19.4 Å². The molecule has 96 valence electrons. The van der Waals surface area contributed by atoms with E-state index >= 15 is 0 Å². The van der Waals surface area contributed by atoms with Gasteiger partial charge in [0.15, 0.2) is 0 Å². The minimum absolute atomic E-state index is 0.0173. The Morgan fingerprint density at radius 3 is 2.26 bits per heavy atom. The maximum atomic E-state index is 11.2. The lowest BCUT2D eigenvalue weighted by atomic mass is 10.1. The minimum Gasteiger partial charge on any atom is -0.462 e. The maximum absolute atomic E-state index is 11.2. The highest BCUT2D eigenvalue weighted by Crippen LogP contribution is 2.03. The van der Waals surface area contributed by atoms with Gasteiger partial charge in [-0.3, -0.25) is 4.79 Å². The third kappa shape index (κ3) is 5.72. The molecule has 0 fully saturated rings. The van der Waals surface area contributed by atoms with E-state index in [1.165, 1.54) is 18.3 Å². The molecule has 19 heavy (non-hydrogen) atoms. The molecule has 6 nitrogen and oxygen atoms in total. The van der Waals surface area contributed by atoms with Crippen molar-refractivity contribution in [3.05, 3.63) is 23.3 Å². The average Bonchev–Trinajstić information content (AvgIpc) is 2.39. The second-order valence-electron chi connectivity index (χ2n) is 2.98. The third-order valence-corrected chi connectivity index (χ3v) is 1.79. The van der Waals surface area contributed by atoms with Crippen LogP contribution in [0.25, 0.3) is 0 Å². The molecule has 0 unspecified atom stereocenters. The van der Waals surface area contributed by atoms with Crippen LogP contribution >= 0.6 is 0 Å². The summed E-state index contributed by atoms with van der Waals surface area (Å²) in [7, 11) is 0. The molecular weight excluding hydrogens is 248 g/mol. The van der Waals surface area contributed by atoms with Crippen LogP contribution in [0.15, 0.2) is 23.3 Å².